The Balaban J connectivity index is 2.00. The zero-order valence-corrected chi connectivity index (χ0v) is 17.0. The molecular formula is C20H22N4O6. The molecule has 2 aromatic carbocycles. The van der Waals surface area contributed by atoms with Gasteiger partial charge < -0.3 is 15.0 Å². The minimum atomic E-state index is -0.924. The Morgan fingerprint density at radius 2 is 1.83 bits per heavy atom. The number of non-ortho nitro benzene ring substituents is 1. The number of carbonyl (C=O) groups is 3. The second kappa shape index (κ2) is 9.50. The van der Waals surface area contributed by atoms with Crippen LogP contribution in [0.1, 0.15) is 21.5 Å². The molecule has 0 bridgehead atoms. The molecule has 0 heterocycles. The van der Waals surface area contributed by atoms with Gasteiger partial charge in [-0.05, 0) is 37.1 Å². The Bertz CT molecular complexity index is 1000. The van der Waals surface area contributed by atoms with Crippen molar-refractivity contribution in [1.82, 2.24) is 5.32 Å². The Morgan fingerprint density at radius 3 is 2.47 bits per heavy atom. The lowest BCUT2D eigenvalue weighted by molar-refractivity contribution is -0.384. The third-order valence-electron chi connectivity index (χ3n) is 4.33. The van der Waals surface area contributed by atoms with E-state index in [9.17, 15) is 24.5 Å². The molecule has 3 amide bonds. The molecule has 30 heavy (non-hydrogen) atoms. The van der Waals surface area contributed by atoms with E-state index < -0.39 is 29.4 Å². The lowest BCUT2D eigenvalue weighted by Gasteiger charge is -2.16. The van der Waals surface area contributed by atoms with Crippen LogP contribution < -0.4 is 15.5 Å². The SMILES string of the molecule is Cc1cccc(NC(=O)NC(=O)COC(=O)c2cc([N+](=O)[O-])ccc2N(C)C)c1C. The summed E-state index contributed by atoms with van der Waals surface area (Å²) >= 11 is 0. The van der Waals surface area contributed by atoms with E-state index in [-0.39, 0.29) is 11.3 Å². The predicted octanol–water partition coefficient (Wildman–Crippen LogP) is 2.78. The van der Waals surface area contributed by atoms with E-state index in [1.807, 2.05) is 19.9 Å². The average molecular weight is 414 g/mol. The van der Waals surface area contributed by atoms with E-state index >= 15 is 0 Å². The summed E-state index contributed by atoms with van der Waals surface area (Å²) in [5, 5.41) is 15.6. The fourth-order valence-electron chi connectivity index (χ4n) is 2.60. The molecule has 0 radical (unpaired) electrons. The first-order valence-electron chi connectivity index (χ1n) is 8.90. The van der Waals surface area contributed by atoms with E-state index in [1.54, 1.807) is 31.1 Å². The highest BCUT2D eigenvalue weighted by Crippen LogP contribution is 2.25. The maximum absolute atomic E-state index is 12.4. The van der Waals surface area contributed by atoms with Gasteiger partial charge in [-0.3, -0.25) is 20.2 Å². The van der Waals surface area contributed by atoms with Crippen molar-refractivity contribution in [2.45, 2.75) is 13.8 Å². The van der Waals surface area contributed by atoms with Gasteiger partial charge in [0.05, 0.1) is 16.2 Å². The molecule has 0 atom stereocenters. The third kappa shape index (κ3) is 5.53. The topological polar surface area (TPSA) is 131 Å². The van der Waals surface area contributed by atoms with Crippen LogP contribution in [0.25, 0.3) is 0 Å². The smallest absolute Gasteiger partial charge is 0.341 e. The molecule has 158 valence electrons. The summed E-state index contributed by atoms with van der Waals surface area (Å²) in [5.41, 5.74) is 2.41. The molecule has 10 nitrogen and oxygen atoms in total. The number of nitrogens with zero attached hydrogens (tertiary/aromatic N) is 2. The highest BCUT2D eigenvalue weighted by Gasteiger charge is 2.20. The zero-order chi connectivity index (χ0) is 22.4. The molecule has 0 aliphatic carbocycles. The minimum Gasteiger partial charge on any atom is -0.452 e. The van der Waals surface area contributed by atoms with E-state index in [1.165, 1.54) is 12.1 Å². The van der Waals surface area contributed by atoms with Crippen LogP contribution in [-0.4, -0.2) is 43.5 Å². The number of ether oxygens (including phenoxy) is 1. The molecular weight excluding hydrogens is 392 g/mol. The summed E-state index contributed by atoms with van der Waals surface area (Å²) in [6.45, 7) is 2.99. The van der Waals surface area contributed by atoms with Gasteiger partial charge in [-0.1, -0.05) is 12.1 Å². The Hall–Kier alpha value is -3.95. The quantitative estimate of drug-likeness (QED) is 0.422. The van der Waals surface area contributed by atoms with Crippen LogP contribution in [0.4, 0.5) is 21.9 Å². The van der Waals surface area contributed by atoms with Gasteiger partial charge in [0.15, 0.2) is 6.61 Å². The number of aryl methyl sites for hydroxylation is 1. The Labute approximate surface area is 173 Å². The molecule has 0 aliphatic heterocycles. The highest BCUT2D eigenvalue weighted by atomic mass is 16.6. The number of amides is 3. The van der Waals surface area contributed by atoms with Gasteiger partial charge in [0.1, 0.15) is 0 Å². The van der Waals surface area contributed by atoms with Crippen molar-refractivity contribution in [3.63, 3.8) is 0 Å². The lowest BCUT2D eigenvalue weighted by atomic mass is 10.1. The number of hydrogen-bond acceptors (Lipinski definition) is 7. The number of nitro benzene ring substituents is 1. The van der Waals surface area contributed by atoms with Gasteiger partial charge in [0.25, 0.3) is 11.6 Å². The van der Waals surface area contributed by atoms with Gasteiger partial charge >= 0.3 is 12.0 Å². The largest absolute Gasteiger partial charge is 0.452 e. The molecule has 0 spiro atoms. The second-order valence-electron chi connectivity index (χ2n) is 6.68. The molecule has 0 aromatic heterocycles. The number of esters is 1. The van der Waals surface area contributed by atoms with Crippen molar-refractivity contribution in [3.8, 4) is 0 Å². The fraction of sp³-hybridized carbons (Fsp3) is 0.250. The monoisotopic (exact) mass is 414 g/mol. The summed E-state index contributed by atoms with van der Waals surface area (Å²) in [5.74, 6) is -1.77. The number of hydrogen-bond donors (Lipinski definition) is 2. The Kier molecular flexibility index (Phi) is 7.08. The number of nitro groups is 1. The minimum absolute atomic E-state index is 0.0677. The van der Waals surface area contributed by atoms with Crippen LogP contribution >= 0.6 is 0 Å². The van der Waals surface area contributed by atoms with Crippen molar-refractivity contribution in [2.24, 2.45) is 0 Å². The van der Waals surface area contributed by atoms with Crippen LogP contribution in [0.15, 0.2) is 36.4 Å². The maximum Gasteiger partial charge on any atom is 0.341 e. The summed E-state index contributed by atoms with van der Waals surface area (Å²) in [4.78, 5) is 48.2. The van der Waals surface area contributed by atoms with Crippen LogP contribution in [0, 0.1) is 24.0 Å². The molecule has 2 aromatic rings. The predicted molar refractivity (Wildman–Crippen MR) is 111 cm³/mol. The van der Waals surface area contributed by atoms with E-state index in [0.29, 0.717) is 11.4 Å². The summed E-state index contributed by atoms with van der Waals surface area (Å²) in [6, 6.07) is 8.32. The summed E-state index contributed by atoms with van der Waals surface area (Å²) in [6.07, 6.45) is 0. The number of benzene rings is 2. The molecule has 0 saturated heterocycles. The van der Waals surface area contributed by atoms with Crippen molar-refractivity contribution in [2.75, 3.05) is 30.9 Å². The number of urea groups is 1. The number of imide groups is 1. The standard InChI is InChI=1S/C20H22N4O6/c1-12-6-5-7-16(13(12)2)21-20(27)22-18(25)11-30-19(26)15-10-14(24(28)29)8-9-17(15)23(3)4/h5-10H,11H2,1-4H3,(H2,21,22,25,27). The first kappa shape index (κ1) is 22.3. The lowest BCUT2D eigenvalue weighted by Crippen LogP contribution is -2.37. The first-order chi connectivity index (χ1) is 14.1. The maximum atomic E-state index is 12.4. The van der Waals surface area contributed by atoms with Gasteiger partial charge in [0.2, 0.25) is 0 Å². The summed E-state index contributed by atoms with van der Waals surface area (Å²) < 4.78 is 4.93. The molecule has 10 heteroatoms. The fourth-order valence-corrected chi connectivity index (χ4v) is 2.60. The van der Waals surface area contributed by atoms with E-state index in [2.05, 4.69) is 10.6 Å². The first-order valence-corrected chi connectivity index (χ1v) is 8.90. The average Bonchev–Trinajstić information content (AvgIpc) is 2.68. The van der Waals surface area contributed by atoms with Crippen molar-refractivity contribution >= 4 is 35.0 Å². The Morgan fingerprint density at radius 1 is 1.13 bits per heavy atom. The van der Waals surface area contributed by atoms with Crippen molar-refractivity contribution < 1.29 is 24.0 Å². The molecule has 0 unspecified atom stereocenters. The highest BCUT2D eigenvalue weighted by molar-refractivity contribution is 6.03. The van der Waals surface area contributed by atoms with Crippen LogP contribution in [0.5, 0.6) is 0 Å². The van der Waals surface area contributed by atoms with Crippen LogP contribution in [0.2, 0.25) is 0 Å². The van der Waals surface area contributed by atoms with E-state index in [4.69, 9.17) is 4.74 Å². The molecule has 0 aliphatic rings. The van der Waals surface area contributed by atoms with Crippen molar-refractivity contribution in [1.29, 1.82) is 0 Å². The van der Waals surface area contributed by atoms with Crippen LogP contribution in [-0.2, 0) is 9.53 Å². The molecule has 0 saturated carbocycles. The molecule has 2 rings (SSSR count). The number of anilines is 2. The number of nitrogens with one attached hydrogen (secondary N) is 2. The van der Waals surface area contributed by atoms with Gasteiger partial charge in [0, 0.05) is 31.9 Å². The van der Waals surface area contributed by atoms with Crippen LogP contribution in [0.3, 0.4) is 0 Å². The summed E-state index contributed by atoms with van der Waals surface area (Å²) in [7, 11) is 3.31. The van der Waals surface area contributed by atoms with Gasteiger partial charge in [-0.25, -0.2) is 9.59 Å². The van der Waals surface area contributed by atoms with E-state index in [0.717, 1.165) is 17.2 Å². The molecule has 2 N–H and O–H groups in total. The zero-order valence-electron chi connectivity index (χ0n) is 17.0. The third-order valence-corrected chi connectivity index (χ3v) is 4.33. The number of rotatable bonds is 6. The van der Waals surface area contributed by atoms with Gasteiger partial charge in [-0.15, -0.1) is 0 Å². The molecule has 0 fully saturated rings. The van der Waals surface area contributed by atoms with Crippen molar-refractivity contribution in [3.05, 3.63) is 63.2 Å². The second-order valence-corrected chi connectivity index (χ2v) is 6.68. The van der Waals surface area contributed by atoms with Gasteiger partial charge in [-0.2, -0.15) is 0 Å². The number of carbonyl (C=O) groups excluding carboxylic acids is 3. The normalized spacial score (nSPS) is 10.1.